The van der Waals surface area contributed by atoms with Crippen molar-refractivity contribution in [2.45, 2.75) is 18.5 Å². The highest BCUT2D eigenvalue weighted by Gasteiger charge is 2.19. The third kappa shape index (κ3) is 5.54. The zero-order valence-corrected chi connectivity index (χ0v) is 19.5. The summed E-state index contributed by atoms with van der Waals surface area (Å²) < 4.78 is 15.7. The average molecular weight is 470 g/mol. The maximum Gasteiger partial charge on any atom is 0.283 e. The summed E-state index contributed by atoms with van der Waals surface area (Å²) >= 11 is 1.17. The van der Waals surface area contributed by atoms with Gasteiger partial charge in [-0.2, -0.15) is 0 Å². The van der Waals surface area contributed by atoms with E-state index in [2.05, 4.69) is 20.1 Å². The fourth-order valence-corrected chi connectivity index (χ4v) is 4.80. The van der Waals surface area contributed by atoms with Gasteiger partial charge in [-0.1, -0.05) is 36.0 Å². The molecule has 4 rings (SSSR count). The molecule has 9 heteroatoms. The first kappa shape index (κ1) is 23.3. The summed E-state index contributed by atoms with van der Waals surface area (Å²) in [4.78, 5) is 33.8. The molecular weight excluding hydrogens is 441 g/mol. The minimum atomic E-state index is -0.192. The van der Waals surface area contributed by atoms with Gasteiger partial charge in [-0.05, 0) is 31.2 Å². The summed E-state index contributed by atoms with van der Waals surface area (Å²) in [5, 5.41) is 3.27. The van der Waals surface area contributed by atoms with Gasteiger partial charge in [0.2, 0.25) is 5.91 Å². The molecule has 2 heterocycles. The lowest BCUT2D eigenvalue weighted by atomic mass is 10.2. The van der Waals surface area contributed by atoms with Crippen LogP contribution in [-0.2, 0) is 11.3 Å². The summed E-state index contributed by atoms with van der Waals surface area (Å²) in [5.74, 6) is -0.171. The molecule has 1 aliphatic rings. The number of carbonyl (C=O) groups excluding carboxylic acids is 1. The number of rotatable bonds is 8. The van der Waals surface area contributed by atoms with Crippen LogP contribution in [0.3, 0.4) is 0 Å². The number of hydrogen-bond acceptors (Lipinski definition) is 6. The number of hydrogen-bond donors (Lipinski definition) is 1. The molecule has 1 aromatic heterocycles. The van der Waals surface area contributed by atoms with Crippen molar-refractivity contribution in [3.8, 4) is 0 Å². The van der Waals surface area contributed by atoms with E-state index in [-0.39, 0.29) is 23.0 Å². The van der Waals surface area contributed by atoms with E-state index < -0.39 is 0 Å². The van der Waals surface area contributed by atoms with Crippen LogP contribution in [0.4, 0.5) is 10.1 Å². The molecular formula is C24H28FN5O2S. The average Bonchev–Trinajstić information content (AvgIpc) is 2.84. The number of piperazine rings is 1. The summed E-state index contributed by atoms with van der Waals surface area (Å²) in [6.45, 7) is 6.87. The van der Waals surface area contributed by atoms with Gasteiger partial charge in [0.1, 0.15) is 5.82 Å². The number of halogens is 1. The van der Waals surface area contributed by atoms with Gasteiger partial charge < -0.3 is 14.8 Å². The van der Waals surface area contributed by atoms with E-state index in [1.54, 1.807) is 10.6 Å². The van der Waals surface area contributed by atoms with Crippen molar-refractivity contribution in [3.05, 3.63) is 64.7 Å². The molecule has 1 amide bonds. The van der Waals surface area contributed by atoms with E-state index in [1.165, 1.54) is 17.8 Å². The van der Waals surface area contributed by atoms with Crippen LogP contribution in [0.2, 0.25) is 0 Å². The van der Waals surface area contributed by atoms with Gasteiger partial charge in [0.15, 0.2) is 5.03 Å². The molecule has 3 aromatic rings. The SMILES string of the molecule is CCn1c(=O)c(SCC(=O)NCCN2CCN(c3ccccc3F)CC2)nc2ccccc21. The van der Waals surface area contributed by atoms with Crippen molar-refractivity contribution in [2.24, 2.45) is 0 Å². The predicted molar refractivity (Wildman–Crippen MR) is 130 cm³/mol. The fraction of sp³-hybridized carbons (Fsp3) is 0.375. The summed E-state index contributed by atoms with van der Waals surface area (Å²) in [5.41, 5.74) is 2.03. The maximum atomic E-state index is 14.0. The Morgan fingerprint density at radius 3 is 2.58 bits per heavy atom. The number of anilines is 1. The van der Waals surface area contributed by atoms with Crippen molar-refractivity contribution in [1.29, 1.82) is 0 Å². The first-order valence-corrected chi connectivity index (χ1v) is 12.2. The third-order valence-corrected chi connectivity index (χ3v) is 6.74. The van der Waals surface area contributed by atoms with Crippen LogP contribution in [0, 0.1) is 5.82 Å². The van der Waals surface area contributed by atoms with Crippen LogP contribution >= 0.6 is 11.8 Å². The van der Waals surface area contributed by atoms with Gasteiger partial charge in [-0.3, -0.25) is 14.5 Å². The van der Waals surface area contributed by atoms with E-state index in [1.807, 2.05) is 43.3 Å². The Morgan fingerprint density at radius 1 is 1.09 bits per heavy atom. The number of para-hydroxylation sites is 3. The molecule has 1 fully saturated rings. The molecule has 0 spiro atoms. The van der Waals surface area contributed by atoms with Crippen LogP contribution < -0.4 is 15.8 Å². The van der Waals surface area contributed by atoms with Gasteiger partial charge in [0, 0.05) is 45.8 Å². The summed E-state index contributed by atoms with van der Waals surface area (Å²) in [6, 6.07) is 14.4. The van der Waals surface area contributed by atoms with Gasteiger partial charge in [-0.25, -0.2) is 9.37 Å². The van der Waals surface area contributed by atoms with Crippen molar-refractivity contribution in [2.75, 3.05) is 49.9 Å². The number of nitrogens with one attached hydrogen (secondary N) is 1. The molecule has 0 bridgehead atoms. The summed E-state index contributed by atoms with van der Waals surface area (Å²) in [7, 11) is 0. The second-order valence-corrected chi connectivity index (χ2v) is 8.84. The van der Waals surface area contributed by atoms with Crippen LogP contribution in [0.25, 0.3) is 11.0 Å². The van der Waals surface area contributed by atoms with Crippen molar-refractivity contribution < 1.29 is 9.18 Å². The Kier molecular flexibility index (Phi) is 7.61. The number of benzene rings is 2. The molecule has 33 heavy (non-hydrogen) atoms. The van der Waals surface area contributed by atoms with Crippen molar-refractivity contribution in [1.82, 2.24) is 19.8 Å². The maximum absolute atomic E-state index is 14.0. The zero-order chi connectivity index (χ0) is 23.2. The highest BCUT2D eigenvalue weighted by atomic mass is 32.2. The van der Waals surface area contributed by atoms with E-state index in [0.29, 0.717) is 23.8 Å². The summed E-state index contributed by atoms with van der Waals surface area (Å²) in [6.07, 6.45) is 0. The molecule has 1 aliphatic heterocycles. The van der Waals surface area contributed by atoms with E-state index in [0.717, 1.165) is 43.8 Å². The first-order chi connectivity index (χ1) is 16.1. The number of aryl methyl sites for hydroxylation is 1. The normalized spacial score (nSPS) is 14.5. The molecule has 0 saturated carbocycles. The van der Waals surface area contributed by atoms with E-state index in [4.69, 9.17) is 0 Å². The highest BCUT2D eigenvalue weighted by molar-refractivity contribution is 7.99. The molecule has 1 saturated heterocycles. The lowest BCUT2D eigenvalue weighted by Gasteiger charge is -2.36. The Labute approximate surface area is 196 Å². The van der Waals surface area contributed by atoms with Crippen molar-refractivity contribution in [3.63, 3.8) is 0 Å². The number of carbonyl (C=O) groups is 1. The monoisotopic (exact) mass is 469 g/mol. The Morgan fingerprint density at radius 2 is 1.82 bits per heavy atom. The minimum absolute atomic E-state index is 0.123. The van der Waals surface area contributed by atoms with Gasteiger partial charge >= 0.3 is 0 Å². The molecule has 2 aromatic carbocycles. The molecule has 1 N–H and O–H groups in total. The quantitative estimate of drug-likeness (QED) is 0.512. The van der Waals surface area contributed by atoms with Gasteiger partial charge in [0.25, 0.3) is 5.56 Å². The molecule has 0 unspecified atom stereocenters. The van der Waals surface area contributed by atoms with E-state index >= 15 is 0 Å². The topological polar surface area (TPSA) is 70.5 Å². The highest BCUT2D eigenvalue weighted by Crippen LogP contribution is 2.20. The molecule has 7 nitrogen and oxygen atoms in total. The number of aromatic nitrogens is 2. The predicted octanol–water partition coefficient (Wildman–Crippen LogP) is 2.59. The zero-order valence-electron chi connectivity index (χ0n) is 18.7. The Bertz CT molecular complexity index is 1180. The molecule has 0 aliphatic carbocycles. The Balaban J connectivity index is 1.23. The van der Waals surface area contributed by atoms with Crippen LogP contribution in [0.15, 0.2) is 58.4 Å². The molecule has 0 radical (unpaired) electrons. The lowest BCUT2D eigenvalue weighted by Crippen LogP contribution is -2.48. The van der Waals surface area contributed by atoms with Crippen LogP contribution in [0.5, 0.6) is 0 Å². The second kappa shape index (κ2) is 10.8. The van der Waals surface area contributed by atoms with E-state index in [9.17, 15) is 14.0 Å². The lowest BCUT2D eigenvalue weighted by molar-refractivity contribution is -0.118. The van der Waals surface area contributed by atoms with Crippen LogP contribution in [0.1, 0.15) is 6.92 Å². The number of fused-ring (bicyclic) bond motifs is 1. The largest absolute Gasteiger partial charge is 0.367 e. The molecule has 0 atom stereocenters. The first-order valence-electron chi connectivity index (χ1n) is 11.2. The fourth-order valence-electron chi connectivity index (χ4n) is 4.04. The van der Waals surface area contributed by atoms with Crippen molar-refractivity contribution >= 4 is 34.4 Å². The number of nitrogens with zero attached hydrogens (tertiary/aromatic N) is 4. The number of thioether (sulfide) groups is 1. The van der Waals surface area contributed by atoms with Gasteiger partial charge in [-0.15, -0.1) is 0 Å². The third-order valence-electron chi connectivity index (χ3n) is 5.79. The molecule has 174 valence electrons. The van der Waals surface area contributed by atoms with Gasteiger partial charge in [0.05, 0.1) is 22.5 Å². The standard InChI is InChI=1S/C24H28FN5O2S/c1-2-30-21-10-6-4-8-19(21)27-23(24(30)32)33-17-22(31)26-11-12-28-13-15-29(16-14-28)20-9-5-3-7-18(20)25/h3-10H,2,11-17H2,1H3,(H,26,31). The Hall–Kier alpha value is -2.91. The minimum Gasteiger partial charge on any atom is -0.367 e. The number of amides is 1. The second-order valence-electron chi connectivity index (χ2n) is 7.87. The smallest absolute Gasteiger partial charge is 0.283 e. The van der Waals surface area contributed by atoms with Crippen LogP contribution in [-0.4, -0.2) is 65.4 Å².